The van der Waals surface area contributed by atoms with Crippen molar-refractivity contribution in [2.24, 2.45) is 0 Å². The largest absolute Gasteiger partial charge is 0.389 e. The van der Waals surface area contributed by atoms with Crippen molar-refractivity contribution < 1.29 is 14.6 Å². The van der Waals surface area contributed by atoms with E-state index in [9.17, 15) is 9.90 Å². The normalized spacial score (nSPS) is 14.4. The van der Waals surface area contributed by atoms with Crippen LogP contribution < -0.4 is 10.6 Å². The SMILES string of the molecule is CCOCC(O)CNCCC(=O)NC(C)CC. The van der Waals surface area contributed by atoms with Crippen LogP contribution in [0.2, 0.25) is 0 Å². The van der Waals surface area contributed by atoms with E-state index in [0.29, 0.717) is 32.7 Å². The summed E-state index contributed by atoms with van der Waals surface area (Å²) < 4.78 is 5.07. The van der Waals surface area contributed by atoms with E-state index in [1.807, 2.05) is 20.8 Å². The van der Waals surface area contributed by atoms with Crippen LogP contribution in [0, 0.1) is 0 Å². The minimum atomic E-state index is -0.507. The number of amides is 1. The average molecular weight is 246 g/mol. The molecule has 0 fully saturated rings. The molecule has 5 heteroatoms. The van der Waals surface area contributed by atoms with E-state index in [0.717, 1.165) is 6.42 Å². The molecule has 0 aromatic carbocycles. The van der Waals surface area contributed by atoms with Crippen molar-refractivity contribution in [1.82, 2.24) is 10.6 Å². The van der Waals surface area contributed by atoms with Crippen LogP contribution in [-0.2, 0) is 9.53 Å². The van der Waals surface area contributed by atoms with Crippen molar-refractivity contribution in [3.63, 3.8) is 0 Å². The highest BCUT2D eigenvalue weighted by atomic mass is 16.5. The Labute approximate surface area is 104 Å². The van der Waals surface area contributed by atoms with E-state index in [-0.39, 0.29) is 11.9 Å². The number of carbonyl (C=O) groups excluding carboxylic acids is 1. The number of hydrogen-bond acceptors (Lipinski definition) is 4. The van der Waals surface area contributed by atoms with Gasteiger partial charge in [0.05, 0.1) is 12.7 Å². The first-order valence-electron chi connectivity index (χ1n) is 6.36. The second-order valence-electron chi connectivity index (χ2n) is 4.14. The Morgan fingerprint density at radius 2 is 2.12 bits per heavy atom. The topological polar surface area (TPSA) is 70.6 Å². The highest BCUT2D eigenvalue weighted by Gasteiger charge is 2.06. The zero-order valence-corrected chi connectivity index (χ0v) is 11.2. The van der Waals surface area contributed by atoms with Crippen LogP contribution in [0.4, 0.5) is 0 Å². The molecule has 0 radical (unpaired) electrons. The number of carbonyl (C=O) groups is 1. The summed E-state index contributed by atoms with van der Waals surface area (Å²) in [7, 11) is 0. The van der Waals surface area contributed by atoms with Crippen molar-refractivity contribution in [1.29, 1.82) is 0 Å². The van der Waals surface area contributed by atoms with Crippen LogP contribution in [0.15, 0.2) is 0 Å². The summed E-state index contributed by atoms with van der Waals surface area (Å²) in [6.45, 7) is 7.88. The molecule has 0 rings (SSSR count). The van der Waals surface area contributed by atoms with Gasteiger partial charge < -0.3 is 20.5 Å². The third-order valence-electron chi connectivity index (χ3n) is 2.44. The van der Waals surface area contributed by atoms with E-state index < -0.39 is 6.10 Å². The van der Waals surface area contributed by atoms with Crippen LogP contribution in [0.1, 0.15) is 33.6 Å². The molecule has 0 bridgehead atoms. The van der Waals surface area contributed by atoms with Gasteiger partial charge in [-0.2, -0.15) is 0 Å². The molecule has 0 aromatic rings. The van der Waals surface area contributed by atoms with Gasteiger partial charge in [-0.15, -0.1) is 0 Å². The summed E-state index contributed by atoms with van der Waals surface area (Å²) >= 11 is 0. The van der Waals surface area contributed by atoms with Gasteiger partial charge in [0.15, 0.2) is 0 Å². The molecule has 0 saturated heterocycles. The molecule has 2 atom stereocenters. The van der Waals surface area contributed by atoms with E-state index in [1.54, 1.807) is 0 Å². The van der Waals surface area contributed by atoms with Crippen LogP contribution >= 0.6 is 0 Å². The first kappa shape index (κ1) is 16.4. The zero-order valence-electron chi connectivity index (χ0n) is 11.2. The van der Waals surface area contributed by atoms with Gasteiger partial charge in [-0.25, -0.2) is 0 Å². The fourth-order valence-electron chi connectivity index (χ4n) is 1.23. The third kappa shape index (κ3) is 10.2. The van der Waals surface area contributed by atoms with Gasteiger partial charge >= 0.3 is 0 Å². The van der Waals surface area contributed by atoms with Gasteiger partial charge in [0, 0.05) is 32.2 Å². The maximum absolute atomic E-state index is 11.4. The molecular formula is C12H26N2O3. The molecule has 5 nitrogen and oxygen atoms in total. The van der Waals surface area contributed by atoms with E-state index >= 15 is 0 Å². The lowest BCUT2D eigenvalue weighted by Gasteiger charge is -2.13. The summed E-state index contributed by atoms with van der Waals surface area (Å²) in [5.74, 6) is 0.0474. The molecule has 1 amide bonds. The van der Waals surface area contributed by atoms with Gasteiger partial charge in [0.1, 0.15) is 0 Å². The molecule has 0 saturated carbocycles. The van der Waals surface area contributed by atoms with Crippen molar-refractivity contribution in [2.45, 2.75) is 45.8 Å². The molecule has 17 heavy (non-hydrogen) atoms. The van der Waals surface area contributed by atoms with Gasteiger partial charge in [0.25, 0.3) is 0 Å². The van der Waals surface area contributed by atoms with Crippen LogP contribution in [0.5, 0.6) is 0 Å². The summed E-state index contributed by atoms with van der Waals surface area (Å²) in [5.41, 5.74) is 0. The van der Waals surface area contributed by atoms with Crippen LogP contribution in [0.3, 0.4) is 0 Å². The number of rotatable bonds is 10. The van der Waals surface area contributed by atoms with Crippen molar-refractivity contribution >= 4 is 5.91 Å². The molecular weight excluding hydrogens is 220 g/mol. The first-order chi connectivity index (χ1) is 8.10. The standard InChI is InChI=1S/C12H26N2O3/c1-4-10(3)14-12(16)6-7-13-8-11(15)9-17-5-2/h10-11,13,15H,4-9H2,1-3H3,(H,14,16). The number of aliphatic hydroxyl groups excluding tert-OH is 1. The average Bonchev–Trinajstić information content (AvgIpc) is 2.31. The summed E-state index contributed by atoms with van der Waals surface area (Å²) in [4.78, 5) is 11.4. The second-order valence-corrected chi connectivity index (χ2v) is 4.14. The fraction of sp³-hybridized carbons (Fsp3) is 0.917. The highest BCUT2D eigenvalue weighted by molar-refractivity contribution is 5.76. The molecule has 0 aliphatic heterocycles. The fourth-order valence-corrected chi connectivity index (χ4v) is 1.23. The smallest absolute Gasteiger partial charge is 0.221 e. The molecule has 0 aliphatic carbocycles. The maximum atomic E-state index is 11.4. The van der Waals surface area contributed by atoms with Gasteiger partial charge in [0.2, 0.25) is 5.91 Å². The number of nitrogens with one attached hydrogen (secondary N) is 2. The molecule has 3 N–H and O–H groups in total. The summed E-state index contributed by atoms with van der Waals surface area (Å²) in [6, 6.07) is 0.228. The molecule has 0 aliphatic rings. The van der Waals surface area contributed by atoms with Crippen LogP contribution in [-0.4, -0.2) is 49.5 Å². The van der Waals surface area contributed by atoms with Gasteiger partial charge in [-0.3, -0.25) is 4.79 Å². The monoisotopic (exact) mass is 246 g/mol. The Balaban J connectivity index is 3.41. The van der Waals surface area contributed by atoms with Crippen molar-refractivity contribution in [3.05, 3.63) is 0 Å². The Hall–Kier alpha value is -0.650. The van der Waals surface area contributed by atoms with E-state index in [1.165, 1.54) is 0 Å². The summed E-state index contributed by atoms with van der Waals surface area (Å²) in [5, 5.41) is 15.4. The lowest BCUT2D eigenvalue weighted by Crippen LogP contribution is -2.36. The Morgan fingerprint density at radius 3 is 2.71 bits per heavy atom. The Morgan fingerprint density at radius 1 is 1.41 bits per heavy atom. The maximum Gasteiger partial charge on any atom is 0.221 e. The Kier molecular flexibility index (Phi) is 10.1. The van der Waals surface area contributed by atoms with Crippen LogP contribution in [0.25, 0.3) is 0 Å². The minimum Gasteiger partial charge on any atom is -0.389 e. The minimum absolute atomic E-state index is 0.0474. The molecule has 0 heterocycles. The molecule has 2 unspecified atom stereocenters. The van der Waals surface area contributed by atoms with Gasteiger partial charge in [-0.05, 0) is 20.3 Å². The van der Waals surface area contributed by atoms with E-state index in [4.69, 9.17) is 4.74 Å². The molecule has 0 aromatic heterocycles. The number of ether oxygens (including phenoxy) is 1. The second kappa shape index (κ2) is 10.5. The lowest BCUT2D eigenvalue weighted by molar-refractivity contribution is -0.121. The highest BCUT2D eigenvalue weighted by Crippen LogP contribution is 1.89. The zero-order chi connectivity index (χ0) is 13.1. The third-order valence-corrected chi connectivity index (χ3v) is 2.44. The summed E-state index contributed by atoms with van der Waals surface area (Å²) in [6.07, 6.45) is 0.866. The first-order valence-corrected chi connectivity index (χ1v) is 6.36. The number of aliphatic hydroxyl groups is 1. The van der Waals surface area contributed by atoms with Crippen molar-refractivity contribution in [3.8, 4) is 0 Å². The van der Waals surface area contributed by atoms with Gasteiger partial charge in [-0.1, -0.05) is 6.92 Å². The predicted molar refractivity (Wildman–Crippen MR) is 67.9 cm³/mol. The lowest BCUT2D eigenvalue weighted by atomic mass is 10.2. The van der Waals surface area contributed by atoms with E-state index in [2.05, 4.69) is 10.6 Å². The quantitative estimate of drug-likeness (QED) is 0.484. The molecule has 102 valence electrons. The van der Waals surface area contributed by atoms with Crippen molar-refractivity contribution in [2.75, 3.05) is 26.3 Å². The molecule has 0 spiro atoms. The predicted octanol–water partition coefficient (Wildman–Crippen LogP) is 0.278. The number of hydrogen-bond donors (Lipinski definition) is 3. The Bertz CT molecular complexity index is 200.